The summed E-state index contributed by atoms with van der Waals surface area (Å²) in [6.07, 6.45) is -4.81. The predicted molar refractivity (Wildman–Crippen MR) is 103 cm³/mol. The monoisotopic (exact) mass is 467 g/mol. The molecule has 0 radical (unpaired) electrons. The summed E-state index contributed by atoms with van der Waals surface area (Å²) in [5.74, 6) is -0.941. The zero-order valence-corrected chi connectivity index (χ0v) is 16.2. The highest BCUT2D eigenvalue weighted by Crippen LogP contribution is 2.27. The van der Waals surface area contributed by atoms with Crippen LogP contribution in [0.1, 0.15) is 16.1 Å². The van der Waals surface area contributed by atoms with Crippen LogP contribution in [0, 0.1) is 0 Å². The smallest absolute Gasteiger partial charge is 0.406 e. The fourth-order valence-electron chi connectivity index (χ4n) is 2.53. The Hall–Kier alpha value is -3.14. The van der Waals surface area contributed by atoms with E-state index in [2.05, 4.69) is 30.9 Å². The highest BCUT2D eigenvalue weighted by atomic mass is 79.9. The summed E-state index contributed by atoms with van der Waals surface area (Å²) in [5, 5.41) is 5.93. The molecular formula is C19H13BrF3N3O3. The number of benzene rings is 2. The minimum atomic E-state index is -4.81. The maximum atomic E-state index is 13.0. The lowest BCUT2D eigenvalue weighted by atomic mass is 10.1. The Labute approximate surface area is 171 Å². The Kier molecular flexibility index (Phi) is 6.02. The standard InChI is InChI=1S/C19H13BrF3N3O3/c20-13-3-1-2-12(10-13)11-26(18(28)16-8-9-17(27)25-24-16)14-4-6-15(7-5-14)29-19(21,22)23/h1-10H,11H2,(H,25,27). The summed E-state index contributed by atoms with van der Waals surface area (Å²) in [4.78, 5) is 25.5. The van der Waals surface area contributed by atoms with Crippen LogP contribution in [0.2, 0.25) is 0 Å². The van der Waals surface area contributed by atoms with Gasteiger partial charge in [-0.15, -0.1) is 13.2 Å². The molecule has 1 aromatic heterocycles. The van der Waals surface area contributed by atoms with Crippen LogP contribution in [-0.4, -0.2) is 22.5 Å². The molecule has 0 saturated heterocycles. The molecule has 10 heteroatoms. The van der Waals surface area contributed by atoms with E-state index in [4.69, 9.17) is 0 Å². The Balaban J connectivity index is 1.94. The second kappa shape index (κ2) is 8.48. The quantitative estimate of drug-likeness (QED) is 0.607. The summed E-state index contributed by atoms with van der Waals surface area (Å²) < 4.78 is 41.8. The molecule has 1 amide bonds. The van der Waals surface area contributed by atoms with Gasteiger partial charge in [0, 0.05) is 16.2 Å². The van der Waals surface area contributed by atoms with Crippen molar-refractivity contribution < 1.29 is 22.7 Å². The third-order valence-corrected chi connectivity index (χ3v) is 4.25. The normalized spacial score (nSPS) is 11.2. The van der Waals surface area contributed by atoms with Gasteiger partial charge in [-0.3, -0.25) is 9.59 Å². The number of aromatic amines is 1. The topological polar surface area (TPSA) is 75.3 Å². The highest BCUT2D eigenvalue weighted by Gasteiger charge is 2.31. The molecule has 0 unspecified atom stereocenters. The van der Waals surface area contributed by atoms with Gasteiger partial charge in [0.15, 0.2) is 0 Å². The molecular weight excluding hydrogens is 455 g/mol. The van der Waals surface area contributed by atoms with Crippen LogP contribution >= 0.6 is 15.9 Å². The van der Waals surface area contributed by atoms with Crippen LogP contribution in [0.15, 0.2) is 69.9 Å². The number of H-pyrrole nitrogens is 1. The van der Waals surface area contributed by atoms with E-state index in [0.717, 1.165) is 28.2 Å². The first-order valence-corrected chi connectivity index (χ1v) is 8.98. The number of nitrogens with zero attached hydrogens (tertiary/aromatic N) is 2. The van der Waals surface area contributed by atoms with Gasteiger partial charge in [-0.2, -0.15) is 5.10 Å². The van der Waals surface area contributed by atoms with Gasteiger partial charge in [0.25, 0.3) is 11.5 Å². The van der Waals surface area contributed by atoms with E-state index in [0.29, 0.717) is 5.69 Å². The maximum Gasteiger partial charge on any atom is 0.573 e. The van der Waals surface area contributed by atoms with Gasteiger partial charge in [0.1, 0.15) is 11.4 Å². The number of hydrogen-bond donors (Lipinski definition) is 1. The van der Waals surface area contributed by atoms with Crippen molar-refractivity contribution in [2.24, 2.45) is 0 Å². The van der Waals surface area contributed by atoms with Crippen LogP contribution < -0.4 is 15.2 Å². The molecule has 2 aromatic carbocycles. The number of anilines is 1. The molecule has 29 heavy (non-hydrogen) atoms. The molecule has 0 fully saturated rings. The van der Waals surface area contributed by atoms with E-state index in [1.807, 2.05) is 12.1 Å². The molecule has 0 saturated carbocycles. The third-order valence-electron chi connectivity index (χ3n) is 3.76. The molecule has 0 aliphatic heterocycles. The van der Waals surface area contributed by atoms with Gasteiger partial charge in [0.05, 0.1) is 6.54 Å². The molecule has 6 nitrogen and oxygen atoms in total. The number of amides is 1. The molecule has 0 aliphatic carbocycles. The van der Waals surface area contributed by atoms with Crippen molar-refractivity contribution in [3.05, 3.63) is 86.7 Å². The number of rotatable bonds is 5. The fraction of sp³-hybridized carbons (Fsp3) is 0.105. The summed E-state index contributed by atoms with van der Waals surface area (Å²) in [7, 11) is 0. The van der Waals surface area contributed by atoms with E-state index in [1.165, 1.54) is 23.1 Å². The van der Waals surface area contributed by atoms with Crippen molar-refractivity contribution in [1.82, 2.24) is 10.2 Å². The van der Waals surface area contributed by atoms with Crippen molar-refractivity contribution in [3.8, 4) is 5.75 Å². The number of nitrogens with one attached hydrogen (secondary N) is 1. The number of hydrogen-bond acceptors (Lipinski definition) is 4. The summed E-state index contributed by atoms with van der Waals surface area (Å²) in [5.41, 5.74) is 0.620. The lowest BCUT2D eigenvalue weighted by Gasteiger charge is -2.23. The molecule has 150 valence electrons. The number of halogens is 4. The Morgan fingerprint density at radius 1 is 1.10 bits per heavy atom. The predicted octanol–water partition coefficient (Wildman–Crippen LogP) is 4.28. The first-order chi connectivity index (χ1) is 13.7. The van der Waals surface area contributed by atoms with E-state index in [-0.39, 0.29) is 12.2 Å². The Morgan fingerprint density at radius 2 is 1.83 bits per heavy atom. The fourth-order valence-corrected chi connectivity index (χ4v) is 2.97. The van der Waals surface area contributed by atoms with Gasteiger partial charge in [-0.25, -0.2) is 5.10 Å². The van der Waals surface area contributed by atoms with Gasteiger partial charge in [-0.1, -0.05) is 28.1 Å². The van der Waals surface area contributed by atoms with Crippen LogP contribution in [0.5, 0.6) is 5.75 Å². The number of carbonyl (C=O) groups excluding carboxylic acids is 1. The minimum absolute atomic E-state index is 0.0183. The van der Waals surface area contributed by atoms with Crippen molar-refractivity contribution in [1.29, 1.82) is 0 Å². The van der Waals surface area contributed by atoms with Crippen molar-refractivity contribution >= 4 is 27.5 Å². The molecule has 0 spiro atoms. The number of alkyl halides is 3. The van der Waals surface area contributed by atoms with Gasteiger partial charge >= 0.3 is 6.36 Å². The maximum absolute atomic E-state index is 13.0. The van der Waals surface area contributed by atoms with Crippen molar-refractivity contribution in [3.63, 3.8) is 0 Å². The average molecular weight is 468 g/mol. The Bertz CT molecular complexity index is 1050. The molecule has 3 rings (SSSR count). The molecule has 3 aromatic rings. The zero-order valence-electron chi connectivity index (χ0n) is 14.6. The lowest BCUT2D eigenvalue weighted by molar-refractivity contribution is -0.274. The van der Waals surface area contributed by atoms with E-state index in [9.17, 15) is 22.8 Å². The highest BCUT2D eigenvalue weighted by molar-refractivity contribution is 9.10. The molecule has 0 aliphatic rings. The summed E-state index contributed by atoms with van der Waals surface area (Å²) in [6.45, 7) is 0.124. The van der Waals surface area contributed by atoms with Gasteiger partial charge in [-0.05, 0) is 48.0 Å². The minimum Gasteiger partial charge on any atom is -0.406 e. The molecule has 1 N–H and O–H groups in total. The van der Waals surface area contributed by atoms with Crippen LogP contribution in [0.25, 0.3) is 0 Å². The largest absolute Gasteiger partial charge is 0.573 e. The lowest BCUT2D eigenvalue weighted by Crippen LogP contribution is -2.32. The van der Waals surface area contributed by atoms with Crippen molar-refractivity contribution in [2.45, 2.75) is 12.9 Å². The van der Waals surface area contributed by atoms with E-state index >= 15 is 0 Å². The molecule has 0 bridgehead atoms. The van der Waals surface area contributed by atoms with E-state index < -0.39 is 23.6 Å². The zero-order chi connectivity index (χ0) is 21.0. The summed E-state index contributed by atoms with van der Waals surface area (Å²) >= 11 is 3.36. The van der Waals surface area contributed by atoms with Crippen LogP contribution in [0.3, 0.4) is 0 Å². The molecule has 0 atom stereocenters. The SMILES string of the molecule is O=C(c1ccc(=O)[nH]n1)N(Cc1cccc(Br)c1)c1ccc(OC(F)(F)F)cc1. The summed E-state index contributed by atoms with van der Waals surface area (Å²) in [6, 6.07) is 14.6. The number of ether oxygens (including phenoxy) is 1. The van der Waals surface area contributed by atoms with Crippen LogP contribution in [-0.2, 0) is 6.54 Å². The van der Waals surface area contributed by atoms with Gasteiger partial charge in [0.2, 0.25) is 0 Å². The first-order valence-electron chi connectivity index (χ1n) is 8.19. The number of aromatic nitrogens is 2. The first kappa shape index (κ1) is 20.6. The van der Waals surface area contributed by atoms with E-state index in [1.54, 1.807) is 12.1 Å². The van der Waals surface area contributed by atoms with Crippen LogP contribution in [0.4, 0.5) is 18.9 Å². The second-order valence-corrected chi connectivity index (χ2v) is 6.79. The second-order valence-electron chi connectivity index (χ2n) is 5.87. The molecule has 1 heterocycles. The van der Waals surface area contributed by atoms with Gasteiger partial charge < -0.3 is 9.64 Å². The third kappa shape index (κ3) is 5.67. The van der Waals surface area contributed by atoms with Crippen molar-refractivity contribution in [2.75, 3.05) is 4.90 Å². The average Bonchev–Trinajstić information content (AvgIpc) is 2.66. The Morgan fingerprint density at radius 3 is 2.41 bits per heavy atom. The number of carbonyl (C=O) groups is 1.